The van der Waals surface area contributed by atoms with Gasteiger partial charge in [-0.25, -0.2) is 0 Å². The zero-order valence-electron chi connectivity index (χ0n) is 19.5. The molecule has 32 heavy (non-hydrogen) atoms. The van der Waals surface area contributed by atoms with Crippen molar-refractivity contribution in [3.8, 4) is 17.2 Å². The monoisotopic (exact) mass is 448 g/mol. The minimum Gasteiger partial charge on any atom is -0.493 e. The SMILES string of the molecule is CCC[C@]1(C(=O)OCC)N[C@H](c2cc(OC)c(OC)c(OC)c2)[C@H]2C(=O)N(CC)C(=O)[C@H]21. The van der Waals surface area contributed by atoms with Gasteiger partial charge in [0.2, 0.25) is 17.6 Å². The maximum absolute atomic E-state index is 13.3. The lowest BCUT2D eigenvalue weighted by Crippen LogP contribution is -2.56. The number of benzene rings is 1. The van der Waals surface area contributed by atoms with Crippen LogP contribution >= 0.6 is 0 Å². The van der Waals surface area contributed by atoms with Gasteiger partial charge in [-0.3, -0.25) is 24.6 Å². The van der Waals surface area contributed by atoms with Crippen molar-refractivity contribution in [3.05, 3.63) is 17.7 Å². The summed E-state index contributed by atoms with van der Waals surface area (Å²) in [5.74, 6) is -1.47. The fourth-order valence-corrected chi connectivity index (χ4v) is 5.12. The average Bonchev–Trinajstić information content (AvgIpc) is 3.27. The molecular weight excluding hydrogens is 416 g/mol. The summed E-state index contributed by atoms with van der Waals surface area (Å²) in [5, 5.41) is 3.36. The Balaban J connectivity index is 2.20. The molecule has 0 spiro atoms. The summed E-state index contributed by atoms with van der Waals surface area (Å²) in [7, 11) is 4.53. The van der Waals surface area contributed by atoms with Gasteiger partial charge in [0, 0.05) is 12.6 Å². The average molecular weight is 449 g/mol. The van der Waals surface area contributed by atoms with Gasteiger partial charge >= 0.3 is 5.97 Å². The highest BCUT2D eigenvalue weighted by Gasteiger charge is 2.68. The van der Waals surface area contributed by atoms with Crippen molar-refractivity contribution in [2.45, 2.75) is 45.2 Å². The molecule has 2 saturated heterocycles. The van der Waals surface area contributed by atoms with E-state index in [-0.39, 0.29) is 25.0 Å². The standard InChI is InChI=1S/C23H32N2O7/c1-7-10-23(22(28)32-9-3)17-16(20(26)25(8-2)21(17)27)18(24-23)13-11-14(29-4)19(31-6)15(12-13)30-5/h11-12,16-18,24H,7-10H2,1-6H3/t16-,17-,18+,23-/m0/s1. The van der Waals surface area contributed by atoms with E-state index in [2.05, 4.69) is 5.32 Å². The minimum absolute atomic E-state index is 0.178. The van der Waals surface area contributed by atoms with E-state index < -0.39 is 29.4 Å². The molecule has 0 unspecified atom stereocenters. The summed E-state index contributed by atoms with van der Waals surface area (Å²) in [6.45, 7) is 5.84. The summed E-state index contributed by atoms with van der Waals surface area (Å²) in [6.07, 6.45) is 0.995. The molecule has 1 aromatic carbocycles. The molecule has 1 aromatic rings. The predicted molar refractivity (Wildman–Crippen MR) is 116 cm³/mol. The first-order valence-corrected chi connectivity index (χ1v) is 10.9. The summed E-state index contributed by atoms with van der Waals surface area (Å²) in [4.78, 5) is 41.2. The van der Waals surface area contributed by atoms with Gasteiger partial charge in [-0.05, 0) is 38.0 Å². The van der Waals surface area contributed by atoms with E-state index in [1.807, 2.05) is 6.92 Å². The van der Waals surface area contributed by atoms with Crippen molar-refractivity contribution >= 4 is 17.8 Å². The van der Waals surface area contributed by atoms with Crippen molar-refractivity contribution in [3.63, 3.8) is 0 Å². The van der Waals surface area contributed by atoms with Gasteiger partial charge in [0.1, 0.15) is 5.54 Å². The van der Waals surface area contributed by atoms with Gasteiger partial charge < -0.3 is 18.9 Å². The van der Waals surface area contributed by atoms with Crippen LogP contribution in [0.5, 0.6) is 17.2 Å². The van der Waals surface area contributed by atoms with Crippen LogP contribution in [0.2, 0.25) is 0 Å². The van der Waals surface area contributed by atoms with Crippen LogP contribution in [0.1, 0.15) is 45.2 Å². The van der Waals surface area contributed by atoms with Crippen LogP contribution in [0.15, 0.2) is 12.1 Å². The van der Waals surface area contributed by atoms with E-state index in [9.17, 15) is 14.4 Å². The van der Waals surface area contributed by atoms with E-state index >= 15 is 0 Å². The van der Waals surface area contributed by atoms with Crippen molar-refractivity contribution in [2.75, 3.05) is 34.5 Å². The van der Waals surface area contributed by atoms with Gasteiger partial charge in [0.15, 0.2) is 11.5 Å². The Morgan fingerprint density at radius 3 is 2.12 bits per heavy atom. The van der Waals surface area contributed by atoms with Gasteiger partial charge in [-0.1, -0.05) is 13.3 Å². The van der Waals surface area contributed by atoms with Crippen LogP contribution in [-0.2, 0) is 19.1 Å². The predicted octanol–water partition coefficient (Wildman–Crippen LogP) is 2.08. The number of nitrogens with one attached hydrogen (secondary N) is 1. The number of carbonyl (C=O) groups excluding carboxylic acids is 3. The lowest BCUT2D eigenvalue weighted by Gasteiger charge is -2.32. The molecule has 2 amide bonds. The molecule has 0 bridgehead atoms. The number of fused-ring (bicyclic) bond motifs is 1. The Bertz CT molecular complexity index is 877. The molecule has 4 atom stereocenters. The zero-order valence-corrected chi connectivity index (χ0v) is 19.5. The number of hydrogen-bond donors (Lipinski definition) is 1. The highest BCUT2D eigenvalue weighted by molar-refractivity contribution is 6.09. The smallest absolute Gasteiger partial charge is 0.327 e. The molecule has 0 radical (unpaired) electrons. The lowest BCUT2D eigenvalue weighted by molar-refractivity contribution is -0.156. The number of hydrogen-bond acceptors (Lipinski definition) is 8. The first kappa shape index (κ1) is 23.8. The van der Waals surface area contributed by atoms with Crippen LogP contribution in [0.3, 0.4) is 0 Å². The summed E-state index contributed by atoms with van der Waals surface area (Å²) < 4.78 is 21.8. The fourth-order valence-electron chi connectivity index (χ4n) is 5.12. The van der Waals surface area contributed by atoms with Gasteiger partial charge in [0.25, 0.3) is 0 Å². The maximum Gasteiger partial charge on any atom is 0.327 e. The number of esters is 1. The van der Waals surface area contributed by atoms with Crippen molar-refractivity contribution in [1.29, 1.82) is 0 Å². The number of carbonyl (C=O) groups is 3. The number of methoxy groups -OCH3 is 3. The van der Waals surface area contributed by atoms with Crippen LogP contribution in [0.25, 0.3) is 0 Å². The molecule has 9 heteroatoms. The van der Waals surface area contributed by atoms with Gasteiger partial charge in [-0.2, -0.15) is 0 Å². The third-order valence-corrected chi connectivity index (χ3v) is 6.39. The molecule has 9 nitrogen and oxygen atoms in total. The number of nitrogens with zero attached hydrogens (tertiary/aromatic N) is 1. The number of amides is 2. The van der Waals surface area contributed by atoms with Gasteiger partial charge in [0.05, 0.1) is 39.8 Å². The second kappa shape index (κ2) is 9.36. The third-order valence-electron chi connectivity index (χ3n) is 6.39. The molecule has 1 N–H and O–H groups in total. The molecule has 176 valence electrons. The van der Waals surface area contributed by atoms with Crippen LogP contribution in [-0.4, -0.2) is 62.7 Å². The molecule has 2 aliphatic heterocycles. The maximum atomic E-state index is 13.3. The Morgan fingerprint density at radius 1 is 1.03 bits per heavy atom. The largest absolute Gasteiger partial charge is 0.493 e. The second-order valence-electron chi connectivity index (χ2n) is 7.95. The second-order valence-corrected chi connectivity index (χ2v) is 7.95. The van der Waals surface area contributed by atoms with E-state index in [1.54, 1.807) is 26.0 Å². The quantitative estimate of drug-likeness (QED) is 0.452. The van der Waals surface area contributed by atoms with E-state index in [1.165, 1.54) is 26.2 Å². The normalized spacial score (nSPS) is 26.8. The molecule has 2 fully saturated rings. The van der Waals surface area contributed by atoms with E-state index in [0.29, 0.717) is 35.7 Å². The third kappa shape index (κ3) is 3.48. The van der Waals surface area contributed by atoms with E-state index in [0.717, 1.165) is 0 Å². The van der Waals surface area contributed by atoms with Crippen LogP contribution in [0.4, 0.5) is 0 Å². The highest BCUT2D eigenvalue weighted by atomic mass is 16.5. The fraction of sp³-hybridized carbons (Fsp3) is 0.609. The number of imide groups is 1. The Hall–Kier alpha value is -2.81. The molecule has 0 aliphatic carbocycles. The molecular formula is C23H32N2O7. The number of ether oxygens (including phenoxy) is 4. The van der Waals surface area contributed by atoms with Crippen molar-refractivity contribution in [2.24, 2.45) is 11.8 Å². The molecule has 2 heterocycles. The highest BCUT2D eigenvalue weighted by Crippen LogP contribution is 2.52. The summed E-state index contributed by atoms with van der Waals surface area (Å²) in [6, 6.07) is 2.88. The molecule has 2 aliphatic rings. The summed E-state index contributed by atoms with van der Waals surface area (Å²) >= 11 is 0. The van der Waals surface area contributed by atoms with Crippen molar-refractivity contribution < 1.29 is 33.3 Å². The Labute approximate surface area is 188 Å². The Morgan fingerprint density at radius 2 is 1.66 bits per heavy atom. The summed E-state index contributed by atoms with van der Waals surface area (Å²) in [5.41, 5.74) is -0.632. The molecule has 0 aromatic heterocycles. The first-order valence-electron chi connectivity index (χ1n) is 10.9. The zero-order chi connectivity index (χ0) is 23.6. The van der Waals surface area contributed by atoms with E-state index in [4.69, 9.17) is 18.9 Å². The topological polar surface area (TPSA) is 103 Å². The first-order chi connectivity index (χ1) is 15.3. The van der Waals surface area contributed by atoms with Crippen LogP contribution in [0, 0.1) is 11.8 Å². The van der Waals surface area contributed by atoms with Crippen molar-refractivity contribution in [1.82, 2.24) is 10.2 Å². The number of likely N-dealkylation sites (tertiary alicyclic amines) is 1. The van der Waals surface area contributed by atoms with Crippen LogP contribution < -0.4 is 19.5 Å². The Kier molecular flexibility index (Phi) is 6.97. The van der Waals surface area contributed by atoms with Gasteiger partial charge in [-0.15, -0.1) is 0 Å². The molecule has 3 rings (SSSR count). The lowest BCUT2D eigenvalue weighted by atomic mass is 9.77. The minimum atomic E-state index is -1.29. The number of rotatable bonds is 9. The molecule has 0 saturated carbocycles.